The Bertz CT molecular complexity index is 1040. The van der Waals surface area contributed by atoms with Crippen LogP contribution in [0.1, 0.15) is 15.9 Å². The molecule has 0 saturated carbocycles. The summed E-state index contributed by atoms with van der Waals surface area (Å²) in [6.07, 6.45) is 1.48. The van der Waals surface area contributed by atoms with Gasteiger partial charge in [-0.25, -0.2) is 4.79 Å². The van der Waals surface area contributed by atoms with Gasteiger partial charge in [0.2, 0.25) is 0 Å². The maximum Gasteiger partial charge on any atom is 0.345 e. The van der Waals surface area contributed by atoms with Crippen LogP contribution >= 0.6 is 23.4 Å². The molecule has 3 rings (SSSR count). The van der Waals surface area contributed by atoms with E-state index in [-0.39, 0.29) is 21.2 Å². The van der Waals surface area contributed by atoms with Gasteiger partial charge in [0, 0.05) is 0 Å². The zero-order valence-electron chi connectivity index (χ0n) is 15.1. The number of methoxy groups -OCH3 is 1. The molecule has 1 fully saturated rings. The first-order valence-corrected chi connectivity index (χ1v) is 9.47. The number of thioether (sulfide) groups is 1. The number of hydrogen-bond acceptors (Lipinski definition) is 7. The number of carbonyl (C=O) groups excluding carboxylic acids is 4. The van der Waals surface area contributed by atoms with E-state index in [1.54, 1.807) is 48.5 Å². The molecule has 2 aromatic carbocycles. The molecule has 1 aliphatic heterocycles. The Morgan fingerprint density at radius 3 is 2.62 bits per heavy atom. The molecular weight excluding hydrogens is 418 g/mol. The highest BCUT2D eigenvalue weighted by atomic mass is 35.5. The number of hydrogen-bond donors (Lipinski definition) is 0. The van der Waals surface area contributed by atoms with Gasteiger partial charge in [-0.2, -0.15) is 0 Å². The minimum absolute atomic E-state index is 0.147. The number of ether oxygens (including phenoxy) is 2. The Balaban J connectivity index is 1.77. The van der Waals surface area contributed by atoms with Crippen LogP contribution in [-0.2, 0) is 14.3 Å². The average Bonchev–Trinajstić information content (AvgIpc) is 2.95. The Morgan fingerprint density at radius 2 is 1.90 bits per heavy atom. The standard InChI is InChI=1S/C20H14ClNO6S/c1-27-17(23)11-22-18(24)16(29-20(22)26)10-12-5-4-6-13(9-12)28-19(25)14-7-2-3-8-15(14)21/h2-10H,11H2,1H3/b16-10-. The van der Waals surface area contributed by atoms with Crippen molar-refractivity contribution in [3.63, 3.8) is 0 Å². The molecular formula is C20H14ClNO6S. The summed E-state index contributed by atoms with van der Waals surface area (Å²) in [6, 6.07) is 12.9. The highest BCUT2D eigenvalue weighted by Gasteiger charge is 2.36. The zero-order valence-corrected chi connectivity index (χ0v) is 16.7. The molecule has 0 bridgehead atoms. The van der Waals surface area contributed by atoms with E-state index in [1.807, 2.05) is 0 Å². The third-order valence-corrected chi connectivity index (χ3v) is 5.09. The molecule has 0 aromatic heterocycles. The van der Waals surface area contributed by atoms with Gasteiger partial charge in [-0.05, 0) is 47.7 Å². The van der Waals surface area contributed by atoms with E-state index in [2.05, 4.69) is 4.74 Å². The van der Waals surface area contributed by atoms with Gasteiger partial charge in [0.25, 0.3) is 11.1 Å². The fraction of sp³-hybridized carbons (Fsp3) is 0.100. The van der Waals surface area contributed by atoms with E-state index in [1.165, 1.54) is 13.2 Å². The molecule has 29 heavy (non-hydrogen) atoms. The van der Waals surface area contributed by atoms with Gasteiger partial charge in [-0.15, -0.1) is 0 Å². The summed E-state index contributed by atoms with van der Waals surface area (Å²) in [4.78, 5) is 48.9. The summed E-state index contributed by atoms with van der Waals surface area (Å²) in [6.45, 7) is -0.450. The molecule has 2 amide bonds. The number of rotatable bonds is 5. The lowest BCUT2D eigenvalue weighted by Crippen LogP contribution is -2.34. The van der Waals surface area contributed by atoms with Gasteiger partial charge in [0.15, 0.2) is 0 Å². The van der Waals surface area contributed by atoms with E-state index in [9.17, 15) is 19.2 Å². The third kappa shape index (κ3) is 4.85. The smallest absolute Gasteiger partial charge is 0.345 e. The van der Waals surface area contributed by atoms with Crippen molar-refractivity contribution < 1.29 is 28.7 Å². The molecule has 0 N–H and O–H groups in total. The summed E-state index contributed by atoms with van der Waals surface area (Å²) < 4.78 is 9.83. The van der Waals surface area contributed by atoms with E-state index in [4.69, 9.17) is 16.3 Å². The van der Waals surface area contributed by atoms with E-state index in [0.717, 1.165) is 4.90 Å². The van der Waals surface area contributed by atoms with Crippen molar-refractivity contribution in [3.8, 4) is 5.75 Å². The van der Waals surface area contributed by atoms with Crippen LogP contribution in [0.3, 0.4) is 0 Å². The second-order valence-corrected chi connectivity index (χ2v) is 7.19. The van der Waals surface area contributed by atoms with Crippen molar-refractivity contribution in [3.05, 3.63) is 69.6 Å². The molecule has 7 nitrogen and oxygen atoms in total. The maximum atomic E-state index is 12.4. The molecule has 0 atom stereocenters. The van der Waals surface area contributed by atoms with Gasteiger partial charge >= 0.3 is 11.9 Å². The van der Waals surface area contributed by atoms with Crippen molar-refractivity contribution in [2.75, 3.05) is 13.7 Å². The van der Waals surface area contributed by atoms with Crippen molar-refractivity contribution in [1.29, 1.82) is 0 Å². The number of nitrogens with zero attached hydrogens (tertiary/aromatic N) is 1. The van der Waals surface area contributed by atoms with Crippen molar-refractivity contribution in [2.45, 2.75) is 0 Å². The highest BCUT2D eigenvalue weighted by molar-refractivity contribution is 8.18. The van der Waals surface area contributed by atoms with Crippen LogP contribution in [0.5, 0.6) is 5.75 Å². The third-order valence-electron chi connectivity index (χ3n) is 3.85. The predicted molar refractivity (Wildman–Crippen MR) is 108 cm³/mol. The molecule has 1 aliphatic rings. The number of carbonyl (C=O) groups is 4. The topological polar surface area (TPSA) is 90.0 Å². The van der Waals surface area contributed by atoms with Crippen LogP contribution in [-0.4, -0.2) is 41.6 Å². The monoisotopic (exact) mass is 431 g/mol. The normalized spacial score (nSPS) is 15.0. The van der Waals surface area contributed by atoms with Crippen LogP contribution in [0.25, 0.3) is 6.08 Å². The molecule has 9 heteroatoms. The number of esters is 2. The number of benzene rings is 2. The average molecular weight is 432 g/mol. The van der Waals surface area contributed by atoms with E-state index < -0.39 is 29.6 Å². The van der Waals surface area contributed by atoms with Crippen LogP contribution in [0.4, 0.5) is 4.79 Å². The largest absolute Gasteiger partial charge is 0.468 e. The Kier molecular flexibility index (Phi) is 6.36. The van der Waals surface area contributed by atoms with Gasteiger partial charge < -0.3 is 9.47 Å². The Morgan fingerprint density at radius 1 is 1.14 bits per heavy atom. The molecule has 0 radical (unpaired) electrons. The fourth-order valence-corrected chi connectivity index (χ4v) is 3.49. The predicted octanol–water partition coefficient (Wildman–Crippen LogP) is 3.77. The van der Waals surface area contributed by atoms with Crippen LogP contribution in [0.2, 0.25) is 5.02 Å². The summed E-state index contributed by atoms with van der Waals surface area (Å²) in [5.41, 5.74) is 0.765. The summed E-state index contributed by atoms with van der Waals surface area (Å²) >= 11 is 6.71. The molecule has 0 unspecified atom stereocenters. The van der Waals surface area contributed by atoms with Crippen molar-refractivity contribution in [1.82, 2.24) is 4.90 Å². The fourth-order valence-electron chi connectivity index (χ4n) is 2.44. The minimum atomic E-state index is -0.693. The minimum Gasteiger partial charge on any atom is -0.468 e. The van der Waals surface area contributed by atoms with Crippen LogP contribution < -0.4 is 4.74 Å². The second kappa shape index (κ2) is 8.93. The molecule has 1 saturated heterocycles. The van der Waals surface area contributed by atoms with Gasteiger partial charge in [0.1, 0.15) is 12.3 Å². The number of halogens is 1. The summed E-state index contributed by atoms with van der Waals surface area (Å²) in [5, 5.41) is -0.291. The quantitative estimate of drug-likeness (QED) is 0.404. The Hall–Kier alpha value is -3.10. The molecule has 1 heterocycles. The maximum absolute atomic E-state index is 12.4. The van der Waals surface area contributed by atoms with Gasteiger partial charge in [-0.1, -0.05) is 35.9 Å². The van der Waals surface area contributed by atoms with Gasteiger partial charge in [0.05, 0.1) is 22.6 Å². The van der Waals surface area contributed by atoms with E-state index in [0.29, 0.717) is 17.3 Å². The second-order valence-electron chi connectivity index (χ2n) is 5.79. The number of amides is 2. The van der Waals surface area contributed by atoms with E-state index >= 15 is 0 Å². The molecule has 148 valence electrons. The first kappa shape index (κ1) is 20.6. The molecule has 0 aliphatic carbocycles. The highest BCUT2D eigenvalue weighted by Crippen LogP contribution is 2.32. The van der Waals surface area contributed by atoms with Crippen LogP contribution in [0.15, 0.2) is 53.4 Å². The first-order chi connectivity index (χ1) is 13.9. The molecule has 0 spiro atoms. The zero-order chi connectivity index (χ0) is 21.0. The van der Waals surface area contributed by atoms with Crippen molar-refractivity contribution in [2.24, 2.45) is 0 Å². The Labute approximate surface area is 175 Å². The summed E-state index contributed by atoms with van der Waals surface area (Å²) in [7, 11) is 1.17. The lowest BCUT2D eigenvalue weighted by molar-refractivity contribution is -0.143. The number of imide groups is 1. The van der Waals surface area contributed by atoms with Crippen molar-refractivity contribution >= 4 is 52.5 Å². The SMILES string of the molecule is COC(=O)CN1C(=O)S/C(=C\c2cccc(OC(=O)c3ccccc3Cl)c2)C1=O. The van der Waals surface area contributed by atoms with Gasteiger partial charge in [-0.3, -0.25) is 19.3 Å². The molecule has 2 aromatic rings. The first-order valence-electron chi connectivity index (χ1n) is 8.28. The lowest BCUT2D eigenvalue weighted by Gasteiger charge is -2.09. The van der Waals surface area contributed by atoms with Crippen LogP contribution in [0, 0.1) is 0 Å². The lowest BCUT2D eigenvalue weighted by atomic mass is 10.2. The summed E-state index contributed by atoms with van der Waals surface area (Å²) in [5.74, 6) is -1.66.